The van der Waals surface area contributed by atoms with Gasteiger partial charge in [0.15, 0.2) is 11.6 Å². The van der Waals surface area contributed by atoms with E-state index >= 15 is 0 Å². The Balaban J connectivity index is 1.75. The van der Waals surface area contributed by atoms with Gasteiger partial charge in [-0.1, -0.05) is 31.6 Å². The van der Waals surface area contributed by atoms with E-state index in [-0.39, 0.29) is 35.6 Å². The van der Waals surface area contributed by atoms with Gasteiger partial charge in [0.2, 0.25) is 11.9 Å². The van der Waals surface area contributed by atoms with Gasteiger partial charge in [-0.15, -0.1) is 0 Å². The van der Waals surface area contributed by atoms with Gasteiger partial charge >= 0.3 is 0 Å². The molecule has 1 aromatic carbocycles. The predicted octanol–water partition coefficient (Wildman–Crippen LogP) is 3.24. The molecule has 2 aliphatic rings. The van der Waals surface area contributed by atoms with Crippen LogP contribution in [0.5, 0.6) is 5.75 Å². The van der Waals surface area contributed by atoms with Crippen molar-refractivity contribution in [1.29, 1.82) is 0 Å². The van der Waals surface area contributed by atoms with E-state index in [0.29, 0.717) is 12.4 Å². The first-order valence-electron chi connectivity index (χ1n) is 9.80. The normalized spacial score (nSPS) is 25.7. The molecule has 2 heterocycles. The van der Waals surface area contributed by atoms with Gasteiger partial charge in [-0.2, -0.15) is 4.98 Å². The lowest BCUT2D eigenvalue weighted by Crippen LogP contribution is -2.40. The number of amides is 1. The Morgan fingerprint density at radius 2 is 2.28 bits per heavy atom. The fourth-order valence-corrected chi connectivity index (χ4v) is 4.28. The van der Waals surface area contributed by atoms with E-state index in [1.54, 1.807) is 0 Å². The first-order valence-corrected chi connectivity index (χ1v) is 9.80. The summed E-state index contributed by atoms with van der Waals surface area (Å²) in [6.07, 6.45) is 6.67. The third kappa shape index (κ3) is 4.01. The summed E-state index contributed by atoms with van der Waals surface area (Å²) in [6, 6.07) is 7.03. The molecule has 4 bridgehead atoms. The zero-order chi connectivity index (χ0) is 20.4. The maximum Gasteiger partial charge on any atom is 0.229 e. The van der Waals surface area contributed by atoms with E-state index in [1.807, 2.05) is 43.3 Å². The van der Waals surface area contributed by atoms with Crippen molar-refractivity contribution in [3.8, 4) is 5.75 Å². The lowest BCUT2D eigenvalue weighted by molar-refractivity contribution is -0.123. The molecule has 8 heteroatoms. The van der Waals surface area contributed by atoms with E-state index in [0.717, 1.165) is 24.7 Å². The lowest BCUT2D eigenvalue weighted by atomic mass is 9.90. The van der Waals surface area contributed by atoms with Crippen LogP contribution in [0.2, 0.25) is 0 Å². The zero-order valence-electron chi connectivity index (χ0n) is 16.1. The lowest BCUT2D eigenvalue weighted by Gasteiger charge is -2.25. The Kier molecular flexibility index (Phi) is 5.33. The summed E-state index contributed by atoms with van der Waals surface area (Å²) in [6.45, 7) is 2.43. The van der Waals surface area contributed by atoms with E-state index in [2.05, 4.69) is 20.6 Å². The largest absolute Gasteiger partial charge is 0.489 e. The number of carbonyl (C=O) groups excluding carboxylic acids is 1. The monoisotopic (exact) mass is 397 g/mol. The molecular formula is C21H24FN5O2. The number of anilines is 3. The second-order valence-corrected chi connectivity index (χ2v) is 7.45. The Morgan fingerprint density at radius 1 is 1.41 bits per heavy atom. The molecule has 1 aliphatic heterocycles. The Hall–Kier alpha value is -3.16. The highest BCUT2D eigenvalue weighted by atomic mass is 19.1. The van der Waals surface area contributed by atoms with Crippen LogP contribution in [0.1, 0.15) is 19.8 Å². The summed E-state index contributed by atoms with van der Waals surface area (Å²) in [7, 11) is 0. The van der Waals surface area contributed by atoms with Gasteiger partial charge in [0.1, 0.15) is 12.4 Å². The number of primary amides is 1. The Bertz CT molecular complexity index is 935. The highest BCUT2D eigenvalue weighted by molar-refractivity contribution is 5.79. The number of aromatic nitrogens is 2. The quantitative estimate of drug-likeness (QED) is 0.673. The molecule has 4 atom stereocenters. The SMILES string of the molecule is CCC1CC2C=CCOc3cccc(c3)Nc3ncc(F)c(n3)N[C@H]2[C@H]1C(N)=O. The van der Waals surface area contributed by atoms with Gasteiger partial charge in [-0.05, 0) is 30.4 Å². The van der Waals surface area contributed by atoms with Crippen molar-refractivity contribution in [1.82, 2.24) is 9.97 Å². The number of nitrogens with two attached hydrogens (primary N) is 1. The number of nitrogens with one attached hydrogen (secondary N) is 2. The van der Waals surface area contributed by atoms with Gasteiger partial charge < -0.3 is 21.1 Å². The number of hydrogen-bond donors (Lipinski definition) is 3. The van der Waals surface area contributed by atoms with Crippen LogP contribution >= 0.6 is 0 Å². The molecule has 1 aromatic heterocycles. The Labute approximate surface area is 168 Å². The maximum atomic E-state index is 14.5. The van der Waals surface area contributed by atoms with Crippen molar-refractivity contribution >= 4 is 23.4 Å². The maximum absolute atomic E-state index is 14.5. The number of fused-ring (bicyclic) bond motifs is 5. The third-order valence-corrected chi connectivity index (χ3v) is 5.65. The first-order chi connectivity index (χ1) is 14.0. The summed E-state index contributed by atoms with van der Waals surface area (Å²) in [4.78, 5) is 20.5. The molecule has 29 heavy (non-hydrogen) atoms. The minimum Gasteiger partial charge on any atom is -0.489 e. The molecule has 2 aromatic rings. The summed E-state index contributed by atoms with van der Waals surface area (Å²) in [5.74, 6) is -0.260. The molecule has 4 N–H and O–H groups in total. The van der Waals surface area contributed by atoms with Crippen LogP contribution in [0.4, 0.5) is 21.8 Å². The highest BCUT2D eigenvalue weighted by Crippen LogP contribution is 2.41. The number of nitrogens with zero attached hydrogens (tertiary/aromatic N) is 2. The first kappa shape index (κ1) is 19.2. The van der Waals surface area contributed by atoms with Crippen molar-refractivity contribution in [2.75, 3.05) is 17.2 Å². The van der Waals surface area contributed by atoms with Crippen LogP contribution in [0.3, 0.4) is 0 Å². The van der Waals surface area contributed by atoms with Crippen LogP contribution in [0, 0.1) is 23.6 Å². The number of ether oxygens (including phenoxy) is 1. The molecule has 4 rings (SSSR count). The van der Waals surface area contributed by atoms with Crippen LogP contribution in [0.15, 0.2) is 42.6 Å². The van der Waals surface area contributed by atoms with Crippen molar-refractivity contribution < 1.29 is 13.9 Å². The van der Waals surface area contributed by atoms with Gasteiger partial charge in [-0.25, -0.2) is 9.37 Å². The molecule has 1 fully saturated rings. The topological polar surface area (TPSA) is 102 Å². The van der Waals surface area contributed by atoms with Crippen LogP contribution in [-0.4, -0.2) is 28.5 Å². The average molecular weight is 397 g/mol. The molecule has 1 aliphatic carbocycles. The highest BCUT2D eigenvalue weighted by Gasteiger charge is 2.44. The van der Waals surface area contributed by atoms with E-state index in [4.69, 9.17) is 10.5 Å². The minimum atomic E-state index is -0.578. The molecule has 1 saturated carbocycles. The smallest absolute Gasteiger partial charge is 0.229 e. The summed E-state index contributed by atoms with van der Waals surface area (Å²) < 4.78 is 20.3. The number of halogens is 1. The van der Waals surface area contributed by atoms with Gasteiger partial charge in [0.25, 0.3) is 0 Å². The van der Waals surface area contributed by atoms with Crippen molar-refractivity contribution in [3.05, 3.63) is 48.4 Å². The Morgan fingerprint density at radius 3 is 3.07 bits per heavy atom. The van der Waals surface area contributed by atoms with E-state index in [9.17, 15) is 9.18 Å². The van der Waals surface area contributed by atoms with E-state index < -0.39 is 11.7 Å². The van der Waals surface area contributed by atoms with Crippen LogP contribution in [0.25, 0.3) is 0 Å². The van der Waals surface area contributed by atoms with Gasteiger partial charge in [-0.3, -0.25) is 4.79 Å². The fraction of sp³-hybridized carbons (Fsp3) is 0.381. The third-order valence-electron chi connectivity index (χ3n) is 5.65. The second-order valence-electron chi connectivity index (χ2n) is 7.45. The summed E-state index contributed by atoms with van der Waals surface area (Å²) in [5, 5.41) is 6.21. The molecule has 2 unspecified atom stereocenters. The minimum absolute atomic E-state index is 0.00102. The number of carbonyl (C=O) groups is 1. The molecule has 1 amide bonds. The fourth-order valence-electron chi connectivity index (χ4n) is 4.28. The van der Waals surface area contributed by atoms with Crippen molar-refractivity contribution in [2.45, 2.75) is 25.8 Å². The van der Waals surface area contributed by atoms with Crippen LogP contribution in [-0.2, 0) is 4.79 Å². The van der Waals surface area contributed by atoms with Crippen LogP contribution < -0.4 is 21.1 Å². The second kappa shape index (κ2) is 8.06. The zero-order valence-corrected chi connectivity index (χ0v) is 16.1. The molecule has 0 radical (unpaired) electrons. The average Bonchev–Trinajstić information content (AvgIpc) is 3.05. The summed E-state index contributed by atoms with van der Waals surface area (Å²) in [5.41, 5.74) is 6.45. The van der Waals surface area contributed by atoms with Gasteiger partial charge in [0, 0.05) is 17.8 Å². The predicted molar refractivity (Wildman–Crippen MR) is 108 cm³/mol. The standard InChI is InChI=1S/C21H24FN5O2/c1-2-12-9-13-5-4-8-29-15-7-3-6-14(10-15)25-21-24-11-16(22)20(27-21)26-18(13)17(12)19(23)28/h3-7,10-13,17-18H,2,8-9H2,1H3,(H2,23,28)(H2,24,25,26,27)/t12?,13?,17-,18+/m0/s1. The summed E-state index contributed by atoms with van der Waals surface area (Å²) >= 11 is 0. The number of rotatable bonds is 2. The van der Waals surface area contributed by atoms with Gasteiger partial charge in [0.05, 0.1) is 12.1 Å². The molecule has 7 nitrogen and oxygen atoms in total. The molecule has 152 valence electrons. The molecule has 0 saturated heterocycles. The van der Waals surface area contributed by atoms with Crippen molar-refractivity contribution in [2.24, 2.45) is 23.5 Å². The number of benzene rings is 1. The number of hydrogen-bond acceptors (Lipinski definition) is 6. The molecular weight excluding hydrogens is 373 g/mol. The molecule has 0 spiro atoms. The van der Waals surface area contributed by atoms with E-state index in [1.165, 1.54) is 0 Å². The van der Waals surface area contributed by atoms with Crippen molar-refractivity contribution in [3.63, 3.8) is 0 Å².